The molecule has 1 aliphatic rings. The SMILES string of the molecule is CC(=O)C1=C(C(Cl)(Cl)Cl)C(C(C)=O)C=C1. The molecule has 0 heterocycles. The molecule has 0 bridgehead atoms. The Morgan fingerprint density at radius 3 is 2.13 bits per heavy atom. The number of alkyl halides is 3. The number of carbonyl (C=O) groups excluding carboxylic acids is 2. The van der Waals surface area contributed by atoms with Crippen molar-refractivity contribution in [1.29, 1.82) is 0 Å². The fourth-order valence-corrected chi connectivity index (χ4v) is 2.18. The average molecular weight is 268 g/mol. The highest BCUT2D eigenvalue weighted by Crippen LogP contribution is 2.44. The summed E-state index contributed by atoms with van der Waals surface area (Å²) < 4.78 is -1.72. The second-order valence-electron chi connectivity index (χ2n) is 3.33. The van der Waals surface area contributed by atoms with Gasteiger partial charge in [-0.25, -0.2) is 0 Å². The van der Waals surface area contributed by atoms with Gasteiger partial charge in [0.25, 0.3) is 0 Å². The lowest BCUT2D eigenvalue weighted by molar-refractivity contribution is -0.118. The van der Waals surface area contributed by atoms with Gasteiger partial charge in [0.05, 0.1) is 5.92 Å². The standard InChI is InChI=1S/C10H9Cl3O2/c1-5(14)7-3-4-8(6(2)15)9(7)10(11,12)13/h3-4,7H,1-2H3. The summed E-state index contributed by atoms with van der Waals surface area (Å²) in [5.74, 6) is -0.962. The number of carbonyl (C=O) groups is 2. The van der Waals surface area contributed by atoms with Crippen LogP contribution in [0.5, 0.6) is 0 Å². The van der Waals surface area contributed by atoms with E-state index in [1.807, 2.05) is 0 Å². The first-order chi connectivity index (χ1) is 6.75. The van der Waals surface area contributed by atoms with Crippen molar-refractivity contribution in [2.24, 2.45) is 5.92 Å². The molecule has 0 saturated heterocycles. The fourth-order valence-electron chi connectivity index (χ4n) is 1.52. The van der Waals surface area contributed by atoms with Gasteiger partial charge in [-0.2, -0.15) is 0 Å². The van der Waals surface area contributed by atoms with Gasteiger partial charge in [-0.05, 0) is 13.8 Å². The highest BCUT2D eigenvalue weighted by molar-refractivity contribution is 6.69. The van der Waals surface area contributed by atoms with Crippen molar-refractivity contribution in [2.45, 2.75) is 17.6 Å². The summed E-state index contributed by atoms with van der Waals surface area (Å²) in [5.41, 5.74) is 0.572. The lowest BCUT2D eigenvalue weighted by atomic mass is 9.97. The summed E-state index contributed by atoms with van der Waals surface area (Å²) in [6, 6.07) is 0. The van der Waals surface area contributed by atoms with Crippen LogP contribution < -0.4 is 0 Å². The smallest absolute Gasteiger partial charge is 0.214 e. The van der Waals surface area contributed by atoms with Gasteiger partial charge in [-0.15, -0.1) is 0 Å². The minimum Gasteiger partial charge on any atom is -0.299 e. The van der Waals surface area contributed by atoms with Crippen LogP contribution in [-0.2, 0) is 9.59 Å². The molecule has 0 amide bonds. The molecule has 1 rings (SSSR count). The van der Waals surface area contributed by atoms with Gasteiger partial charge in [0.15, 0.2) is 5.78 Å². The topological polar surface area (TPSA) is 34.1 Å². The Morgan fingerprint density at radius 2 is 1.80 bits per heavy atom. The van der Waals surface area contributed by atoms with Crippen molar-refractivity contribution in [1.82, 2.24) is 0 Å². The van der Waals surface area contributed by atoms with Crippen LogP contribution in [0.15, 0.2) is 23.3 Å². The van der Waals surface area contributed by atoms with Crippen LogP contribution in [0.3, 0.4) is 0 Å². The first-order valence-corrected chi connectivity index (χ1v) is 5.39. The number of ketones is 2. The van der Waals surface area contributed by atoms with Crippen molar-refractivity contribution in [3.8, 4) is 0 Å². The maximum atomic E-state index is 11.3. The van der Waals surface area contributed by atoms with E-state index in [1.54, 1.807) is 6.08 Å². The Labute approximate surface area is 103 Å². The molecule has 1 aliphatic carbocycles. The predicted octanol–water partition coefficient (Wildman–Crippen LogP) is 3.02. The zero-order valence-electron chi connectivity index (χ0n) is 8.18. The van der Waals surface area contributed by atoms with Crippen LogP contribution >= 0.6 is 34.8 Å². The second-order valence-corrected chi connectivity index (χ2v) is 5.61. The summed E-state index contributed by atoms with van der Waals surface area (Å²) >= 11 is 17.2. The average Bonchev–Trinajstić information content (AvgIpc) is 2.45. The highest BCUT2D eigenvalue weighted by atomic mass is 35.6. The molecule has 5 heteroatoms. The number of Topliss-reactive ketones (excluding diaryl/α,β-unsaturated/α-hetero) is 2. The van der Waals surface area contributed by atoms with Gasteiger partial charge >= 0.3 is 0 Å². The van der Waals surface area contributed by atoms with Crippen molar-refractivity contribution in [2.75, 3.05) is 0 Å². The monoisotopic (exact) mass is 266 g/mol. The van der Waals surface area contributed by atoms with E-state index in [-0.39, 0.29) is 17.1 Å². The maximum absolute atomic E-state index is 11.3. The van der Waals surface area contributed by atoms with Crippen molar-refractivity contribution >= 4 is 46.4 Å². The maximum Gasteiger partial charge on any atom is 0.214 e. The number of hydrogen-bond acceptors (Lipinski definition) is 2. The van der Waals surface area contributed by atoms with E-state index in [1.165, 1.54) is 19.9 Å². The fraction of sp³-hybridized carbons (Fsp3) is 0.400. The number of allylic oxidation sites excluding steroid dienone is 4. The summed E-state index contributed by atoms with van der Waals surface area (Å²) in [6.07, 6.45) is 3.11. The molecule has 15 heavy (non-hydrogen) atoms. The number of hydrogen-bond donors (Lipinski definition) is 0. The molecular formula is C10H9Cl3O2. The molecule has 0 fully saturated rings. The Bertz CT molecular complexity index is 375. The van der Waals surface area contributed by atoms with Crippen LogP contribution in [0, 0.1) is 5.92 Å². The molecule has 0 N–H and O–H groups in total. The summed E-state index contributed by atoms with van der Waals surface area (Å²) in [4.78, 5) is 22.6. The molecule has 1 unspecified atom stereocenters. The highest BCUT2D eigenvalue weighted by Gasteiger charge is 2.39. The van der Waals surface area contributed by atoms with E-state index >= 15 is 0 Å². The third kappa shape index (κ3) is 2.63. The number of rotatable bonds is 2. The minimum atomic E-state index is -1.72. The minimum absolute atomic E-state index is 0.149. The largest absolute Gasteiger partial charge is 0.299 e. The van der Waals surface area contributed by atoms with Gasteiger partial charge in [0.1, 0.15) is 5.78 Å². The van der Waals surface area contributed by atoms with Crippen LogP contribution in [0.4, 0.5) is 0 Å². The molecule has 0 aromatic heterocycles. The Kier molecular flexibility index (Phi) is 3.64. The van der Waals surface area contributed by atoms with E-state index in [9.17, 15) is 9.59 Å². The Hall–Kier alpha value is -0.310. The molecular weight excluding hydrogens is 258 g/mol. The van der Waals surface area contributed by atoms with Crippen molar-refractivity contribution in [3.05, 3.63) is 23.3 Å². The molecule has 0 spiro atoms. The number of halogens is 3. The molecule has 0 radical (unpaired) electrons. The van der Waals surface area contributed by atoms with Crippen molar-refractivity contribution in [3.63, 3.8) is 0 Å². The lowest BCUT2D eigenvalue weighted by Crippen LogP contribution is -2.21. The zero-order chi connectivity index (χ0) is 11.8. The summed E-state index contributed by atoms with van der Waals surface area (Å²) in [6.45, 7) is 2.77. The molecule has 0 aromatic carbocycles. The van der Waals surface area contributed by atoms with Crippen LogP contribution in [-0.4, -0.2) is 15.4 Å². The summed E-state index contributed by atoms with van der Waals surface area (Å²) in [7, 11) is 0. The lowest BCUT2D eigenvalue weighted by Gasteiger charge is -2.19. The predicted molar refractivity (Wildman–Crippen MR) is 61.3 cm³/mol. The normalized spacial score (nSPS) is 21.0. The van der Waals surface area contributed by atoms with Gasteiger partial charge in [0.2, 0.25) is 3.79 Å². The third-order valence-electron chi connectivity index (χ3n) is 2.18. The van der Waals surface area contributed by atoms with Gasteiger partial charge in [-0.3, -0.25) is 9.59 Å². The van der Waals surface area contributed by atoms with E-state index < -0.39 is 9.71 Å². The van der Waals surface area contributed by atoms with Crippen LogP contribution in [0.2, 0.25) is 0 Å². The molecule has 1 atom stereocenters. The van der Waals surface area contributed by atoms with Gasteiger partial charge in [0, 0.05) is 11.1 Å². The Balaban J connectivity index is 3.28. The first kappa shape index (κ1) is 12.8. The molecule has 0 aliphatic heterocycles. The van der Waals surface area contributed by atoms with Crippen LogP contribution in [0.25, 0.3) is 0 Å². The molecule has 0 saturated carbocycles. The quantitative estimate of drug-likeness (QED) is 0.721. The summed E-state index contributed by atoms with van der Waals surface area (Å²) in [5, 5.41) is 0. The second kappa shape index (κ2) is 4.28. The van der Waals surface area contributed by atoms with Crippen molar-refractivity contribution < 1.29 is 9.59 Å². The molecule has 82 valence electrons. The van der Waals surface area contributed by atoms with E-state index in [2.05, 4.69) is 0 Å². The van der Waals surface area contributed by atoms with Crippen LogP contribution in [0.1, 0.15) is 13.8 Å². The third-order valence-corrected chi connectivity index (χ3v) is 2.79. The zero-order valence-corrected chi connectivity index (χ0v) is 10.5. The van der Waals surface area contributed by atoms with Gasteiger partial charge < -0.3 is 0 Å². The first-order valence-electron chi connectivity index (χ1n) is 4.26. The molecule has 2 nitrogen and oxygen atoms in total. The van der Waals surface area contributed by atoms with E-state index in [0.717, 1.165) is 0 Å². The molecule has 0 aromatic rings. The Morgan fingerprint density at radius 1 is 1.27 bits per heavy atom. The van der Waals surface area contributed by atoms with E-state index in [4.69, 9.17) is 34.8 Å². The van der Waals surface area contributed by atoms with E-state index in [0.29, 0.717) is 5.57 Å². The van der Waals surface area contributed by atoms with Gasteiger partial charge in [-0.1, -0.05) is 47.0 Å².